The topological polar surface area (TPSA) is 69.4 Å². The van der Waals surface area contributed by atoms with Gasteiger partial charge in [-0.1, -0.05) is 0 Å². The molecule has 2 N–H and O–H groups in total. The van der Waals surface area contributed by atoms with Crippen LogP contribution in [0.4, 0.5) is 4.79 Å². The molecule has 0 aromatic rings. The number of carbonyl (C=O) groups excluding carboxylic acids is 1. The van der Waals surface area contributed by atoms with Crippen LogP contribution in [0.3, 0.4) is 0 Å². The van der Waals surface area contributed by atoms with Crippen molar-refractivity contribution in [2.45, 2.75) is 45.2 Å². The molecule has 0 atom stereocenters. The summed E-state index contributed by atoms with van der Waals surface area (Å²) in [6, 6.07) is 0.105. The molecule has 1 aliphatic rings. The first-order valence-electron chi connectivity index (χ1n) is 5.06. The third kappa shape index (κ3) is 2.18. The molecule has 0 aromatic carbocycles. The van der Waals surface area contributed by atoms with Gasteiger partial charge in [0, 0.05) is 11.6 Å². The molecule has 1 aliphatic carbocycles. The Labute approximate surface area is 85.1 Å². The van der Waals surface area contributed by atoms with Crippen LogP contribution in [0.25, 0.3) is 0 Å². The molecule has 0 bridgehead atoms. The first-order chi connectivity index (χ1) is 6.36. The summed E-state index contributed by atoms with van der Waals surface area (Å²) in [6.07, 6.45) is 0.682. The zero-order valence-electron chi connectivity index (χ0n) is 9.12. The van der Waals surface area contributed by atoms with E-state index in [0.717, 1.165) is 12.8 Å². The van der Waals surface area contributed by atoms with Crippen molar-refractivity contribution in [2.75, 3.05) is 6.54 Å². The van der Waals surface area contributed by atoms with Crippen molar-refractivity contribution in [3.05, 3.63) is 0 Å². The van der Waals surface area contributed by atoms with Gasteiger partial charge in [-0.3, -0.25) is 0 Å². The van der Waals surface area contributed by atoms with Crippen molar-refractivity contribution < 1.29 is 9.90 Å². The lowest BCUT2D eigenvalue weighted by molar-refractivity contribution is -0.276. The predicted molar refractivity (Wildman–Crippen MR) is 52.6 cm³/mol. The lowest BCUT2D eigenvalue weighted by Gasteiger charge is -2.50. The molecular weight excluding hydrogens is 180 g/mol. The van der Waals surface area contributed by atoms with Crippen LogP contribution < -0.4 is 10.8 Å². The fourth-order valence-electron chi connectivity index (χ4n) is 2.07. The molecule has 1 saturated carbocycles. The number of carboxylic acid groups (broad SMARTS) is 1. The average Bonchev–Trinajstić information content (AvgIpc) is 1.91. The Bertz CT molecular complexity index is 217. The summed E-state index contributed by atoms with van der Waals surface area (Å²) >= 11 is 0. The molecule has 14 heavy (non-hydrogen) atoms. The first kappa shape index (κ1) is 11.3. The molecule has 4 heteroatoms. The van der Waals surface area contributed by atoms with Gasteiger partial charge in [0.1, 0.15) is 6.09 Å². The molecule has 4 nitrogen and oxygen atoms in total. The molecule has 0 aliphatic heterocycles. The van der Waals surface area contributed by atoms with Gasteiger partial charge >= 0.3 is 0 Å². The highest BCUT2D eigenvalue weighted by Gasteiger charge is 2.37. The van der Waals surface area contributed by atoms with Crippen molar-refractivity contribution in [3.8, 4) is 0 Å². The number of hydrogen-bond donors (Lipinski definition) is 1. The maximum absolute atomic E-state index is 11.0. The van der Waals surface area contributed by atoms with Crippen molar-refractivity contribution in [3.63, 3.8) is 0 Å². The maximum Gasteiger partial charge on any atom is 0.137 e. The van der Waals surface area contributed by atoms with E-state index < -0.39 is 6.09 Å². The number of rotatable bonds is 2. The van der Waals surface area contributed by atoms with Gasteiger partial charge in [-0.05, 0) is 46.1 Å². The Morgan fingerprint density at radius 3 is 2.29 bits per heavy atom. The number of carbonyl (C=O) groups is 1. The second-order valence-electron chi connectivity index (χ2n) is 5.03. The smallest absolute Gasteiger partial charge is 0.137 e. The van der Waals surface area contributed by atoms with E-state index >= 15 is 0 Å². The molecular formula is C10H19N2O2-. The summed E-state index contributed by atoms with van der Waals surface area (Å²) in [4.78, 5) is 12.4. The van der Waals surface area contributed by atoms with Gasteiger partial charge in [0.2, 0.25) is 0 Å². The Hall–Kier alpha value is -0.770. The molecule has 0 spiro atoms. The summed E-state index contributed by atoms with van der Waals surface area (Å²) in [6.45, 7) is 6.32. The van der Waals surface area contributed by atoms with Gasteiger partial charge < -0.3 is 20.5 Å². The summed E-state index contributed by atoms with van der Waals surface area (Å²) in [5.74, 6) is 0.490. The third-order valence-electron chi connectivity index (χ3n) is 2.83. The standard InChI is InChI=1S/C10H20N2O2/c1-10(2,3)12(9(13)14)8-4-7(5-8)6-11/h7-8H,4-6,11H2,1-3H3,(H,13,14)/p-1. The van der Waals surface area contributed by atoms with Crippen LogP contribution in [0.5, 0.6) is 0 Å². The molecule has 0 saturated heterocycles. The van der Waals surface area contributed by atoms with Gasteiger partial charge in [0.25, 0.3) is 0 Å². The van der Waals surface area contributed by atoms with Gasteiger partial charge in [0.05, 0.1) is 0 Å². The fraction of sp³-hybridized carbons (Fsp3) is 0.900. The summed E-state index contributed by atoms with van der Waals surface area (Å²) < 4.78 is 0. The van der Waals surface area contributed by atoms with Crippen molar-refractivity contribution in [2.24, 2.45) is 11.7 Å². The Balaban J connectivity index is 2.59. The van der Waals surface area contributed by atoms with Crippen molar-refractivity contribution in [1.29, 1.82) is 0 Å². The minimum Gasteiger partial charge on any atom is -0.530 e. The quantitative estimate of drug-likeness (QED) is 0.689. The Morgan fingerprint density at radius 1 is 1.50 bits per heavy atom. The van der Waals surface area contributed by atoms with E-state index in [1.54, 1.807) is 0 Å². The second kappa shape index (κ2) is 3.77. The lowest BCUT2D eigenvalue weighted by atomic mass is 9.78. The van der Waals surface area contributed by atoms with Crippen LogP contribution in [0, 0.1) is 5.92 Å². The highest BCUT2D eigenvalue weighted by Crippen LogP contribution is 2.34. The van der Waals surface area contributed by atoms with Crippen LogP contribution >= 0.6 is 0 Å². The summed E-state index contributed by atoms with van der Waals surface area (Å²) in [7, 11) is 0. The van der Waals surface area contributed by atoms with E-state index in [1.807, 2.05) is 20.8 Å². The lowest BCUT2D eigenvalue weighted by Crippen LogP contribution is -2.60. The fourth-order valence-corrected chi connectivity index (χ4v) is 2.07. The Kier molecular flexibility index (Phi) is 3.04. The molecule has 1 amide bonds. The van der Waals surface area contributed by atoms with Crippen LogP contribution in [0.1, 0.15) is 33.6 Å². The van der Waals surface area contributed by atoms with E-state index in [4.69, 9.17) is 5.73 Å². The van der Waals surface area contributed by atoms with Crippen LogP contribution in [-0.4, -0.2) is 29.1 Å². The van der Waals surface area contributed by atoms with E-state index in [1.165, 1.54) is 4.90 Å². The largest absolute Gasteiger partial charge is 0.530 e. The highest BCUT2D eigenvalue weighted by molar-refractivity contribution is 5.64. The Morgan fingerprint density at radius 2 is 2.00 bits per heavy atom. The minimum atomic E-state index is -1.07. The van der Waals surface area contributed by atoms with Gasteiger partial charge in [0.15, 0.2) is 0 Å². The number of nitrogens with two attached hydrogens (primary N) is 1. The molecule has 1 fully saturated rings. The van der Waals surface area contributed by atoms with E-state index in [9.17, 15) is 9.90 Å². The van der Waals surface area contributed by atoms with E-state index in [0.29, 0.717) is 12.5 Å². The molecule has 0 aromatic heterocycles. The SMILES string of the molecule is CC(C)(C)N(C(=O)[O-])C1CC(CN)C1. The van der Waals surface area contributed by atoms with Gasteiger partial charge in [-0.2, -0.15) is 0 Å². The highest BCUT2D eigenvalue weighted by atomic mass is 16.4. The normalized spacial score (nSPS) is 26.9. The molecule has 1 rings (SSSR count). The minimum absolute atomic E-state index is 0.105. The monoisotopic (exact) mass is 199 g/mol. The number of hydrogen-bond acceptors (Lipinski definition) is 3. The van der Waals surface area contributed by atoms with Gasteiger partial charge in [-0.15, -0.1) is 0 Å². The van der Waals surface area contributed by atoms with Crippen LogP contribution in [0.2, 0.25) is 0 Å². The predicted octanol–water partition coefficient (Wildman–Crippen LogP) is 0.168. The van der Waals surface area contributed by atoms with Crippen molar-refractivity contribution >= 4 is 6.09 Å². The summed E-state index contributed by atoms with van der Waals surface area (Å²) in [5.41, 5.74) is 5.13. The zero-order chi connectivity index (χ0) is 10.9. The average molecular weight is 199 g/mol. The number of amides is 1. The second-order valence-corrected chi connectivity index (χ2v) is 5.03. The molecule has 0 unspecified atom stereocenters. The molecule has 82 valence electrons. The summed E-state index contributed by atoms with van der Waals surface area (Å²) in [5, 5.41) is 11.0. The van der Waals surface area contributed by atoms with E-state index in [-0.39, 0.29) is 11.6 Å². The van der Waals surface area contributed by atoms with Crippen LogP contribution in [-0.2, 0) is 0 Å². The van der Waals surface area contributed by atoms with Gasteiger partial charge in [-0.25, -0.2) is 0 Å². The first-order valence-corrected chi connectivity index (χ1v) is 5.06. The molecule has 0 radical (unpaired) electrons. The van der Waals surface area contributed by atoms with Crippen molar-refractivity contribution in [1.82, 2.24) is 4.90 Å². The number of nitrogens with zero attached hydrogens (tertiary/aromatic N) is 1. The van der Waals surface area contributed by atoms with Crippen LogP contribution in [0.15, 0.2) is 0 Å². The third-order valence-corrected chi connectivity index (χ3v) is 2.83. The van der Waals surface area contributed by atoms with E-state index in [2.05, 4.69) is 0 Å². The molecule has 0 heterocycles. The zero-order valence-corrected chi connectivity index (χ0v) is 9.12. The maximum atomic E-state index is 11.0.